The quantitative estimate of drug-likeness (QED) is 0.657. The number of anilines is 1. The Bertz CT molecular complexity index is 903. The van der Waals surface area contributed by atoms with Crippen molar-refractivity contribution in [2.45, 2.75) is 12.8 Å². The zero-order chi connectivity index (χ0) is 20.6. The lowest BCUT2D eigenvalue weighted by atomic mass is 10.1. The van der Waals surface area contributed by atoms with Gasteiger partial charge in [-0.05, 0) is 29.8 Å². The minimum atomic E-state index is -0.385. The largest absolute Gasteiger partial charge is 0.482 e. The molecule has 1 heterocycles. The molecule has 7 nitrogen and oxygen atoms in total. The predicted molar refractivity (Wildman–Crippen MR) is 105 cm³/mol. The summed E-state index contributed by atoms with van der Waals surface area (Å²) < 4.78 is 18.5. The van der Waals surface area contributed by atoms with E-state index in [2.05, 4.69) is 10.6 Å². The summed E-state index contributed by atoms with van der Waals surface area (Å²) in [6.07, 6.45) is 0.210. The van der Waals surface area contributed by atoms with E-state index in [0.29, 0.717) is 17.0 Å². The molecule has 0 bridgehead atoms. The van der Waals surface area contributed by atoms with E-state index in [1.807, 2.05) is 6.07 Å². The minimum Gasteiger partial charge on any atom is -0.482 e. The van der Waals surface area contributed by atoms with E-state index in [1.165, 1.54) is 12.1 Å². The summed E-state index contributed by atoms with van der Waals surface area (Å²) in [7, 11) is 0. The van der Waals surface area contributed by atoms with Gasteiger partial charge in [-0.25, -0.2) is 4.39 Å². The number of carbonyl (C=O) groups excluding carboxylic acids is 3. The number of hydrogen-bond acceptors (Lipinski definition) is 4. The average molecular weight is 399 g/mol. The Kier molecular flexibility index (Phi) is 6.78. The summed E-state index contributed by atoms with van der Waals surface area (Å²) in [5.74, 6) is -0.430. The fourth-order valence-corrected chi connectivity index (χ4v) is 3.00. The third kappa shape index (κ3) is 5.78. The first-order valence-electron chi connectivity index (χ1n) is 9.33. The van der Waals surface area contributed by atoms with Crippen LogP contribution < -0.4 is 20.3 Å². The number of nitrogens with one attached hydrogen (secondary N) is 2. The molecule has 3 rings (SSSR count). The molecule has 152 valence electrons. The van der Waals surface area contributed by atoms with Crippen LogP contribution in [0.15, 0.2) is 48.5 Å². The standard InChI is InChI=1S/C21H22FN3O4/c22-16-5-3-4-15(12-16)13-20(27)24-10-9-23-19(26)8-11-25-17-6-1-2-7-18(17)29-14-21(25)28/h1-7,12H,8-11,13-14H2,(H,23,26)(H,24,27). The van der Waals surface area contributed by atoms with E-state index in [9.17, 15) is 18.8 Å². The van der Waals surface area contributed by atoms with E-state index >= 15 is 0 Å². The normalized spacial score (nSPS) is 12.7. The van der Waals surface area contributed by atoms with Gasteiger partial charge in [0.2, 0.25) is 11.8 Å². The maximum atomic E-state index is 13.1. The molecule has 1 aliphatic rings. The first kappa shape index (κ1) is 20.3. The molecule has 0 unspecified atom stereocenters. The molecular formula is C21H22FN3O4. The number of ether oxygens (including phenoxy) is 1. The van der Waals surface area contributed by atoms with Gasteiger partial charge in [-0.15, -0.1) is 0 Å². The van der Waals surface area contributed by atoms with Crippen molar-refractivity contribution >= 4 is 23.4 Å². The molecule has 0 saturated carbocycles. The van der Waals surface area contributed by atoms with Crippen LogP contribution in [-0.2, 0) is 20.8 Å². The molecule has 0 aromatic heterocycles. The molecule has 0 atom stereocenters. The van der Waals surface area contributed by atoms with Crippen molar-refractivity contribution in [3.05, 3.63) is 59.9 Å². The summed E-state index contributed by atoms with van der Waals surface area (Å²) in [6.45, 7) is 0.730. The molecule has 29 heavy (non-hydrogen) atoms. The number of para-hydroxylation sites is 2. The molecule has 3 amide bonds. The summed E-state index contributed by atoms with van der Waals surface area (Å²) in [4.78, 5) is 37.5. The molecule has 8 heteroatoms. The van der Waals surface area contributed by atoms with Crippen molar-refractivity contribution in [1.82, 2.24) is 10.6 Å². The number of halogens is 1. The average Bonchev–Trinajstić information content (AvgIpc) is 2.70. The van der Waals surface area contributed by atoms with Gasteiger partial charge in [-0.2, -0.15) is 0 Å². The van der Waals surface area contributed by atoms with Gasteiger partial charge in [-0.3, -0.25) is 14.4 Å². The third-order valence-electron chi connectivity index (χ3n) is 4.39. The number of fused-ring (bicyclic) bond motifs is 1. The molecule has 0 spiro atoms. The summed E-state index contributed by atoms with van der Waals surface area (Å²) in [5, 5.41) is 5.38. The second-order valence-corrected chi connectivity index (χ2v) is 6.56. The molecule has 2 aromatic rings. The molecule has 2 aromatic carbocycles. The van der Waals surface area contributed by atoms with Crippen molar-refractivity contribution in [2.24, 2.45) is 0 Å². The third-order valence-corrected chi connectivity index (χ3v) is 4.39. The molecule has 0 saturated heterocycles. The Labute approximate surface area is 167 Å². The second kappa shape index (κ2) is 9.68. The summed E-state index contributed by atoms with van der Waals surface area (Å²) in [5.41, 5.74) is 1.24. The number of nitrogens with zero attached hydrogens (tertiary/aromatic N) is 1. The highest BCUT2D eigenvalue weighted by molar-refractivity contribution is 5.98. The van der Waals surface area contributed by atoms with Crippen LogP contribution in [0.2, 0.25) is 0 Å². The van der Waals surface area contributed by atoms with Crippen LogP contribution in [-0.4, -0.2) is 44.0 Å². The Hall–Kier alpha value is -3.42. The van der Waals surface area contributed by atoms with Crippen LogP contribution in [0.25, 0.3) is 0 Å². The van der Waals surface area contributed by atoms with Gasteiger partial charge in [-0.1, -0.05) is 24.3 Å². The highest BCUT2D eigenvalue weighted by atomic mass is 19.1. The minimum absolute atomic E-state index is 0.0457. The van der Waals surface area contributed by atoms with Crippen molar-refractivity contribution in [2.75, 3.05) is 31.1 Å². The van der Waals surface area contributed by atoms with Crippen molar-refractivity contribution in [1.29, 1.82) is 0 Å². The van der Waals surface area contributed by atoms with Gasteiger partial charge in [0, 0.05) is 26.1 Å². The molecule has 1 aliphatic heterocycles. The maximum Gasteiger partial charge on any atom is 0.265 e. The van der Waals surface area contributed by atoms with Crippen molar-refractivity contribution in [3.8, 4) is 5.75 Å². The van der Waals surface area contributed by atoms with E-state index in [0.717, 1.165) is 0 Å². The molecule has 0 fully saturated rings. The van der Waals surface area contributed by atoms with Crippen LogP contribution in [0.1, 0.15) is 12.0 Å². The Morgan fingerprint density at radius 2 is 1.79 bits per heavy atom. The highest BCUT2D eigenvalue weighted by Gasteiger charge is 2.25. The Morgan fingerprint density at radius 1 is 1.03 bits per heavy atom. The van der Waals surface area contributed by atoms with Crippen molar-refractivity contribution < 1.29 is 23.5 Å². The molecular weight excluding hydrogens is 377 g/mol. The lowest BCUT2D eigenvalue weighted by molar-refractivity contribution is -0.123. The van der Waals surface area contributed by atoms with E-state index in [-0.39, 0.29) is 62.6 Å². The zero-order valence-corrected chi connectivity index (χ0v) is 15.8. The van der Waals surface area contributed by atoms with Crippen LogP contribution in [0.4, 0.5) is 10.1 Å². The van der Waals surface area contributed by atoms with Gasteiger partial charge in [0.1, 0.15) is 11.6 Å². The molecule has 0 radical (unpaired) electrons. The number of carbonyl (C=O) groups is 3. The summed E-state index contributed by atoms with van der Waals surface area (Å²) >= 11 is 0. The van der Waals surface area contributed by atoms with Crippen LogP contribution in [0.3, 0.4) is 0 Å². The maximum absolute atomic E-state index is 13.1. The van der Waals surface area contributed by atoms with Crippen molar-refractivity contribution in [3.63, 3.8) is 0 Å². The van der Waals surface area contributed by atoms with E-state index in [1.54, 1.807) is 35.2 Å². The van der Waals surface area contributed by atoms with Crippen LogP contribution >= 0.6 is 0 Å². The van der Waals surface area contributed by atoms with Crippen LogP contribution in [0, 0.1) is 5.82 Å². The molecule has 2 N–H and O–H groups in total. The number of hydrogen-bond donors (Lipinski definition) is 2. The fourth-order valence-electron chi connectivity index (χ4n) is 3.00. The monoisotopic (exact) mass is 399 g/mol. The first-order valence-corrected chi connectivity index (χ1v) is 9.33. The summed E-state index contributed by atoms with van der Waals surface area (Å²) in [6, 6.07) is 13.0. The second-order valence-electron chi connectivity index (χ2n) is 6.56. The fraction of sp³-hybridized carbons (Fsp3) is 0.286. The predicted octanol–water partition coefficient (Wildman–Crippen LogP) is 1.42. The Morgan fingerprint density at radius 3 is 2.59 bits per heavy atom. The van der Waals surface area contributed by atoms with E-state index < -0.39 is 0 Å². The van der Waals surface area contributed by atoms with Crippen LogP contribution in [0.5, 0.6) is 5.75 Å². The lowest BCUT2D eigenvalue weighted by Crippen LogP contribution is -2.41. The first-order chi connectivity index (χ1) is 14.0. The van der Waals surface area contributed by atoms with Gasteiger partial charge >= 0.3 is 0 Å². The van der Waals surface area contributed by atoms with Gasteiger partial charge in [0.05, 0.1) is 12.1 Å². The zero-order valence-electron chi connectivity index (χ0n) is 15.8. The lowest BCUT2D eigenvalue weighted by Gasteiger charge is -2.29. The van der Waals surface area contributed by atoms with Gasteiger partial charge in [0.25, 0.3) is 5.91 Å². The van der Waals surface area contributed by atoms with Gasteiger partial charge < -0.3 is 20.3 Å². The van der Waals surface area contributed by atoms with Gasteiger partial charge in [0.15, 0.2) is 6.61 Å². The topological polar surface area (TPSA) is 87.7 Å². The number of rotatable bonds is 8. The number of benzene rings is 2. The Balaban J connectivity index is 1.36. The van der Waals surface area contributed by atoms with E-state index in [4.69, 9.17) is 4.74 Å². The smallest absolute Gasteiger partial charge is 0.265 e. The SMILES string of the molecule is O=C(CCN1C(=O)COc2ccccc21)NCCNC(=O)Cc1cccc(F)c1. The highest BCUT2D eigenvalue weighted by Crippen LogP contribution is 2.31. The number of amides is 3. The molecule has 0 aliphatic carbocycles.